The quantitative estimate of drug-likeness (QED) is 0.685. The third-order valence-corrected chi connectivity index (χ3v) is 6.46. The number of piperazine rings is 1. The number of halogens is 4. The Labute approximate surface area is 175 Å². The molecule has 0 saturated carbocycles. The summed E-state index contributed by atoms with van der Waals surface area (Å²) in [7, 11) is -3.93. The molecule has 14 heteroatoms. The third kappa shape index (κ3) is 4.52. The van der Waals surface area contributed by atoms with Crippen LogP contribution in [0.4, 0.5) is 18.0 Å². The van der Waals surface area contributed by atoms with Gasteiger partial charge in [0.15, 0.2) is 5.82 Å². The standard InChI is InChI=1S/C16H17ClF3N5O4S/c1-2-29-15(26)23-3-5-24(6-4-23)30(27,28)12-9-22-25(10-12)14-13(17)7-11(8-21-14)16(18,19)20/h7-10H,2-6H2,1H3. The van der Waals surface area contributed by atoms with Crippen LogP contribution in [0.3, 0.4) is 0 Å². The van der Waals surface area contributed by atoms with Crippen molar-refractivity contribution in [3.63, 3.8) is 0 Å². The number of amides is 1. The Hall–Kier alpha value is -2.38. The molecule has 2 aromatic rings. The second-order valence-corrected chi connectivity index (χ2v) is 8.58. The minimum Gasteiger partial charge on any atom is -0.450 e. The van der Waals surface area contributed by atoms with E-state index in [4.69, 9.17) is 16.3 Å². The fourth-order valence-corrected chi connectivity index (χ4v) is 4.39. The number of rotatable bonds is 4. The van der Waals surface area contributed by atoms with Crippen LogP contribution in [0, 0.1) is 0 Å². The summed E-state index contributed by atoms with van der Waals surface area (Å²) in [6, 6.07) is 0.689. The summed E-state index contributed by atoms with van der Waals surface area (Å²) >= 11 is 5.88. The molecule has 1 aliphatic rings. The first-order chi connectivity index (χ1) is 14.0. The number of sulfonamides is 1. The first-order valence-corrected chi connectivity index (χ1v) is 10.6. The molecule has 0 aromatic carbocycles. The zero-order valence-corrected chi connectivity index (χ0v) is 17.2. The highest BCUT2D eigenvalue weighted by molar-refractivity contribution is 7.89. The lowest BCUT2D eigenvalue weighted by Gasteiger charge is -2.32. The lowest BCUT2D eigenvalue weighted by atomic mass is 10.3. The fourth-order valence-electron chi connectivity index (χ4n) is 2.78. The Bertz CT molecular complexity index is 1040. The molecule has 3 heterocycles. The van der Waals surface area contributed by atoms with E-state index >= 15 is 0 Å². The number of hydrogen-bond acceptors (Lipinski definition) is 6. The summed E-state index contributed by atoms with van der Waals surface area (Å²) in [4.78, 5) is 16.6. The molecule has 1 saturated heterocycles. The van der Waals surface area contributed by atoms with Gasteiger partial charge in [-0.2, -0.15) is 22.6 Å². The maximum Gasteiger partial charge on any atom is 0.417 e. The van der Waals surface area contributed by atoms with Crippen molar-refractivity contribution in [1.82, 2.24) is 24.0 Å². The molecule has 1 amide bonds. The first kappa shape index (κ1) is 22.3. The largest absolute Gasteiger partial charge is 0.450 e. The summed E-state index contributed by atoms with van der Waals surface area (Å²) in [5, 5.41) is 3.53. The van der Waals surface area contributed by atoms with Crippen molar-refractivity contribution in [3.05, 3.63) is 35.2 Å². The number of carbonyl (C=O) groups excluding carboxylic acids is 1. The Morgan fingerprint density at radius 2 is 1.90 bits per heavy atom. The van der Waals surface area contributed by atoms with Crippen molar-refractivity contribution in [3.8, 4) is 5.82 Å². The van der Waals surface area contributed by atoms with E-state index in [0.29, 0.717) is 12.3 Å². The van der Waals surface area contributed by atoms with Gasteiger partial charge in [-0.05, 0) is 13.0 Å². The third-order valence-electron chi connectivity index (χ3n) is 4.33. The maximum absolute atomic E-state index is 12.8. The lowest BCUT2D eigenvalue weighted by Crippen LogP contribution is -2.50. The van der Waals surface area contributed by atoms with E-state index in [0.717, 1.165) is 17.1 Å². The van der Waals surface area contributed by atoms with E-state index in [9.17, 15) is 26.4 Å². The number of nitrogens with zero attached hydrogens (tertiary/aromatic N) is 5. The molecule has 0 aliphatic carbocycles. The van der Waals surface area contributed by atoms with Gasteiger partial charge >= 0.3 is 12.3 Å². The maximum atomic E-state index is 12.8. The summed E-state index contributed by atoms with van der Waals surface area (Å²) in [6.45, 7) is 2.35. The molecule has 0 N–H and O–H groups in total. The first-order valence-electron chi connectivity index (χ1n) is 8.73. The van der Waals surface area contributed by atoms with E-state index in [1.54, 1.807) is 6.92 Å². The van der Waals surface area contributed by atoms with Crippen molar-refractivity contribution in [2.24, 2.45) is 0 Å². The molecule has 1 aliphatic heterocycles. The van der Waals surface area contributed by atoms with Crippen LogP contribution in [-0.2, 0) is 20.9 Å². The zero-order valence-electron chi connectivity index (χ0n) is 15.6. The normalized spacial score (nSPS) is 16.0. The molecule has 164 valence electrons. The van der Waals surface area contributed by atoms with Crippen molar-refractivity contribution in [2.75, 3.05) is 32.8 Å². The van der Waals surface area contributed by atoms with Crippen LogP contribution in [0.5, 0.6) is 0 Å². The van der Waals surface area contributed by atoms with E-state index in [-0.39, 0.29) is 48.5 Å². The lowest BCUT2D eigenvalue weighted by molar-refractivity contribution is -0.137. The SMILES string of the molecule is CCOC(=O)N1CCN(S(=O)(=O)c2cnn(-c3ncc(C(F)(F)F)cc3Cl)c2)CC1. The van der Waals surface area contributed by atoms with Crippen LogP contribution in [0.25, 0.3) is 5.82 Å². The van der Waals surface area contributed by atoms with Gasteiger partial charge in [-0.25, -0.2) is 22.9 Å². The summed E-state index contributed by atoms with van der Waals surface area (Å²) in [5.74, 6) is -0.141. The van der Waals surface area contributed by atoms with Crippen LogP contribution in [0.1, 0.15) is 12.5 Å². The Morgan fingerprint density at radius 3 is 2.47 bits per heavy atom. The summed E-state index contributed by atoms with van der Waals surface area (Å²) in [5.41, 5.74) is -1.03. The van der Waals surface area contributed by atoms with Crippen LogP contribution < -0.4 is 0 Å². The minimum atomic E-state index is -4.61. The number of hydrogen-bond donors (Lipinski definition) is 0. The molecule has 0 radical (unpaired) electrons. The van der Waals surface area contributed by atoms with Gasteiger partial charge in [-0.3, -0.25) is 0 Å². The van der Waals surface area contributed by atoms with Gasteiger partial charge in [-0.15, -0.1) is 0 Å². The molecule has 30 heavy (non-hydrogen) atoms. The number of pyridine rings is 1. The number of alkyl halides is 3. The highest BCUT2D eigenvalue weighted by atomic mass is 35.5. The van der Waals surface area contributed by atoms with Crippen LogP contribution in [-0.4, -0.2) is 71.3 Å². The predicted octanol–water partition coefficient (Wildman–Crippen LogP) is 2.40. The van der Waals surface area contributed by atoms with Gasteiger partial charge < -0.3 is 9.64 Å². The van der Waals surface area contributed by atoms with Crippen molar-refractivity contribution in [2.45, 2.75) is 18.0 Å². The summed E-state index contributed by atoms with van der Waals surface area (Å²) in [6.07, 6.45) is -2.35. The van der Waals surface area contributed by atoms with Gasteiger partial charge in [-0.1, -0.05) is 11.6 Å². The van der Waals surface area contributed by atoms with Crippen LogP contribution in [0.15, 0.2) is 29.6 Å². The monoisotopic (exact) mass is 467 g/mol. The van der Waals surface area contributed by atoms with Gasteiger partial charge in [0.25, 0.3) is 0 Å². The highest BCUT2D eigenvalue weighted by Gasteiger charge is 2.33. The number of aromatic nitrogens is 3. The average Bonchev–Trinajstić information content (AvgIpc) is 3.18. The van der Waals surface area contributed by atoms with Gasteiger partial charge in [0.1, 0.15) is 4.90 Å². The number of carbonyl (C=O) groups is 1. The number of ether oxygens (including phenoxy) is 1. The fraction of sp³-hybridized carbons (Fsp3) is 0.438. The molecule has 0 spiro atoms. The van der Waals surface area contributed by atoms with Gasteiger partial charge in [0, 0.05) is 32.4 Å². The highest BCUT2D eigenvalue weighted by Crippen LogP contribution is 2.32. The van der Waals surface area contributed by atoms with Gasteiger partial charge in [0.2, 0.25) is 10.0 Å². The topological polar surface area (TPSA) is 97.6 Å². The zero-order chi connectivity index (χ0) is 22.1. The summed E-state index contributed by atoms with van der Waals surface area (Å²) < 4.78 is 71.0. The van der Waals surface area contributed by atoms with Crippen LogP contribution in [0.2, 0.25) is 5.02 Å². The van der Waals surface area contributed by atoms with Gasteiger partial charge in [0.05, 0.1) is 29.6 Å². The molecule has 3 rings (SSSR count). The van der Waals surface area contributed by atoms with E-state index in [2.05, 4.69) is 10.1 Å². The molecular formula is C16H17ClF3N5O4S. The van der Waals surface area contributed by atoms with Crippen LogP contribution >= 0.6 is 11.6 Å². The minimum absolute atomic E-state index is 0.0611. The van der Waals surface area contributed by atoms with Crippen molar-refractivity contribution < 1.29 is 31.1 Å². The second kappa shape index (κ2) is 8.40. The van der Waals surface area contributed by atoms with Crippen molar-refractivity contribution in [1.29, 1.82) is 0 Å². The van der Waals surface area contributed by atoms with E-state index in [1.807, 2.05) is 0 Å². The smallest absolute Gasteiger partial charge is 0.417 e. The average molecular weight is 468 g/mol. The molecule has 2 aromatic heterocycles. The van der Waals surface area contributed by atoms with Crippen molar-refractivity contribution >= 4 is 27.7 Å². The molecule has 1 fully saturated rings. The van der Waals surface area contributed by atoms with E-state index < -0.39 is 27.9 Å². The molecular weight excluding hydrogens is 451 g/mol. The molecule has 0 bridgehead atoms. The Balaban J connectivity index is 1.77. The molecule has 9 nitrogen and oxygen atoms in total. The Kier molecular flexibility index (Phi) is 6.24. The van der Waals surface area contributed by atoms with E-state index in [1.165, 1.54) is 9.21 Å². The predicted molar refractivity (Wildman–Crippen MR) is 98.7 cm³/mol. The Morgan fingerprint density at radius 1 is 1.23 bits per heavy atom. The molecule has 0 unspecified atom stereocenters. The molecule has 0 atom stereocenters. The second-order valence-electron chi connectivity index (χ2n) is 6.24.